The molecule has 1 N–H and O–H groups in total. The lowest BCUT2D eigenvalue weighted by Crippen LogP contribution is -2.24. The van der Waals surface area contributed by atoms with Crippen LogP contribution in [-0.4, -0.2) is 36.0 Å². The molecule has 1 heterocycles. The van der Waals surface area contributed by atoms with E-state index in [2.05, 4.69) is 10.5 Å². The van der Waals surface area contributed by atoms with Crippen LogP contribution in [0.4, 0.5) is 5.69 Å². The van der Waals surface area contributed by atoms with Gasteiger partial charge in [0.1, 0.15) is 0 Å². The van der Waals surface area contributed by atoms with E-state index in [-0.39, 0.29) is 18.2 Å². The molecule has 0 aliphatic heterocycles. The quantitative estimate of drug-likeness (QED) is 0.767. The molecule has 3 rings (SSSR count). The molecule has 0 saturated carbocycles. The molecule has 132 valence electrons. The third-order valence-corrected chi connectivity index (χ3v) is 3.80. The summed E-state index contributed by atoms with van der Waals surface area (Å²) in [6.07, 6.45) is 0.0564. The smallest absolute Gasteiger partial charge is 0.255 e. The molecule has 0 bridgehead atoms. The van der Waals surface area contributed by atoms with E-state index in [9.17, 15) is 9.59 Å². The summed E-state index contributed by atoms with van der Waals surface area (Å²) in [6.45, 7) is 0. The number of para-hydroxylation sites is 1. The molecule has 0 unspecified atom stereocenters. The highest BCUT2D eigenvalue weighted by atomic mass is 16.5. The summed E-state index contributed by atoms with van der Waals surface area (Å²) >= 11 is 0. The largest absolute Gasteiger partial charge is 0.356 e. The van der Waals surface area contributed by atoms with Crippen molar-refractivity contribution < 1.29 is 14.1 Å². The van der Waals surface area contributed by atoms with Gasteiger partial charge in [-0.25, -0.2) is 0 Å². The third-order valence-electron chi connectivity index (χ3n) is 3.80. The summed E-state index contributed by atoms with van der Waals surface area (Å²) < 4.78 is 5.30. The molecule has 1 aromatic heterocycles. The Kier molecular flexibility index (Phi) is 5.12. The molecule has 0 atom stereocenters. The fourth-order valence-corrected chi connectivity index (χ4v) is 2.51. The van der Waals surface area contributed by atoms with Crippen LogP contribution in [0.15, 0.2) is 65.2 Å². The van der Waals surface area contributed by atoms with Gasteiger partial charge in [0.15, 0.2) is 5.76 Å². The van der Waals surface area contributed by atoms with Gasteiger partial charge in [0.25, 0.3) is 5.91 Å². The highest BCUT2D eigenvalue weighted by molar-refractivity contribution is 6.03. The molecule has 0 aliphatic rings. The molecule has 6 nitrogen and oxygen atoms in total. The Morgan fingerprint density at radius 3 is 2.46 bits per heavy atom. The molecule has 0 fully saturated rings. The van der Waals surface area contributed by atoms with E-state index in [1.54, 1.807) is 44.4 Å². The normalized spacial score (nSPS) is 10.4. The van der Waals surface area contributed by atoms with E-state index in [4.69, 9.17) is 4.52 Å². The maximum absolute atomic E-state index is 12.4. The molecular formula is C20H19N3O3. The number of anilines is 1. The van der Waals surface area contributed by atoms with Crippen molar-refractivity contribution in [1.82, 2.24) is 10.1 Å². The first kappa shape index (κ1) is 17.4. The van der Waals surface area contributed by atoms with E-state index in [1.807, 2.05) is 30.3 Å². The number of amides is 2. The lowest BCUT2D eigenvalue weighted by Gasteiger charge is -2.14. The number of hydrogen-bond acceptors (Lipinski definition) is 4. The van der Waals surface area contributed by atoms with E-state index in [1.165, 1.54) is 4.90 Å². The maximum Gasteiger partial charge on any atom is 0.255 e. The summed E-state index contributed by atoms with van der Waals surface area (Å²) in [6, 6.07) is 18.2. The van der Waals surface area contributed by atoms with Crippen LogP contribution in [0.2, 0.25) is 0 Å². The molecule has 2 amide bonds. The van der Waals surface area contributed by atoms with Crippen molar-refractivity contribution in [2.24, 2.45) is 0 Å². The van der Waals surface area contributed by atoms with Crippen LogP contribution in [0.25, 0.3) is 11.3 Å². The van der Waals surface area contributed by atoms with Crippen LogP contribution in [-0.2, 0) is 11.2 Å². The van der Waals surface area contributed by atoms with Gasteiger partial charge in [-0.2, -0.15) is 0 Å². The molecule has 3 aromatic rings. The summed E-state index contributed by atoms with van der Waals surface area (Å²) in [5, 5.41) is 6.72. The van der Waals surface area contributed by atoms with Crippen LogP contribution in [0, 0.1) is 0 Å². The number of carbonyl (C=O) groups is 2. The highest BCUT2D eigenvalue weighted by Gasteiger charge is 2.16. The monoisotopic (exact) mass is 349 g/mol. The average Bonchev–Trinajstić information content (AvgIpc) is 3.10. The van der Waals surface area contributed by atoms with Crippen molar-refractivity contribution >= 4 is 17.5 Å². The Hall–Kier alpha value is -3.41. The Morgan fingerprint density at radius 2 is 1.73 bits per heavy atom. The van der Waals surface area contributed by atoms with Gasteiger partial charge in [0, 0.05) is 25.7 Å². The number of benzene rings is 2. The van der Waals surface area contributed by atoms with Gasteiger partial charge < -0.3 is 14.7 Å². The number of carbonyl (C=O) groups excluding carboxylic acids is 2. The van der Waals surface area contributed by atoms with Crippen LogP contribution in [0.3, 0.4) is 0 Å². The first-order chi connectivity index (χ1) is 12.5. The minimum absolute atomic E-state index is 0.0564. The average molecular weight is 349 g/mol. The summed E-state index contributed by atoms with van der Waals surface area (Å²) in [7, 11) is 3.34. The molecule has 0 aliphatic carbocycles. The second-order valence-electron chi connectivity index (χ2n) is 6.02. The molecule has 26 heavy (non-hydrogen) atoms. The third kappa shape index (κ3) is 3.97. The van der Waals surface area contributed by atoms with Crippen LogP contribution < -0.4 is 5.32 Å². The predicted octanol–water partition coefficient (Wildman–Crippen LogP) is 3.22. The fourth-order valence-electron chi connectivity index (χ4n) is 2.51. The van der Waals surface area contributed by atoms with Crippen LogP contribution >= 0.6 is 0 Å². The second kappa shape index (κ2) is 7.65. The van der Waals surface area contributed by atoms with Crippen molar-refractivity contribution in [2.75, 3.05) is 19.4 Å². The first-order valence-electron chi connectivity index (χ1n) is 8.16. The minimum atomic E-state index is -0.267. The lowest BCUT2D eigenvalue weighted by atomic mass is 10.1. The highest BCUT2D eigenvalue weighted by Crippen LogP contribution is 2.21. The van der Waals surface area contributed by atoms with Gasteiger partial charge in [0.2, 0.25) is 5.91 Å². The van der Waals surface area contributed by atoms with Gasteiger partial charge in [-0.15, -0.1) is 0 Å². The van der Waals surface area contributed by atoms with E-state index < -0.39 is 0 Å². The summed E-state index contributed by atoms with van der Waals surface area (Å²) in [4.78, 5) is 26.0. The van der Waals surface area contributed by atoms with E-state index in [0.717, 1.165) is 5.56 Å². The second-order valence-corrected chi connectivity index (χ2v) is 6.02. The zero-order valence-electron chi connectivity index (χ0n) is 14.6. The molecule has 2 aromatic carbocycles. The van der Waals surface area contributed by atoms with Crippen molar-refractivity contribution in [3.63, 3.8) is 0 Å². The molecule has 0 spiro atoms. The van der Waals surface area contributed by atoms with Gasteiger partial charge in [0.05, 0.1) is 23.4 Å². The summed E-state index contributed by atoms with van der Waals surface area (Å²) in [5.74, 6) is 0.169. The van der Waals surface area contributed by atoms with Gasteiger partial charge in [-0.05, 0) is 12.1 Å². The lowest BCUT2D eigenvalue weighted by molar-refractivity contribution is -0.115. The van der Waals surface area contributed by atoms with Gasteiger partial charge in [-0.3, -0.25) is 9.59 Å². The van der Waals surface area contributed by atoms with Gasteiger partial charge in [-0.1, -0.05) is 47.6 Å². The Bertz CT molecular complexity index is 917. The van der Waals surface area contributed by atoms with Crippen LogP contribution in [0.1, 0.15) is 16.1 Å². The van der Waals surface area contributed by atoms with Gasteiger partial charge >= 0.3 is 0 Å². The van der Waals surface area contributed by atoms with Crippen LogP contribution in [0.5, 0.6) is 0 Å². The Balaban J connectivity index is 1.71. The maximum atomic E-state index is 12.4. The van der Waals surface area contributed by atoms with E-state index >= 15 is 0 Å². The van der Waals surface area contributed by atoms with Crippen molar-refractivity contribution in [3.8, 4) is 11.3 Å². The number of aromatic nitrogens is 1. The number of nitrogens with zero attached hydrogens (tertiary/aromatic N) is 2. The molecule has 0 saturated heterocycles. The van der Waals surface area contributed by atoms with Crippen molar-refractivity contribution in [1.29, 1.82) is 0 Å². The zero-order valence-corrected chi connectivity index (χ0v) is 14.6. The first-order valence-corrected chi connectivity index (χ1v) is 8.16. The number of hydrogen-bond donors (Lipinski definition) is 1. The molecular weight excluding hydrogens is 330 g/mol. The van der Waals surface area contributed by atoms with Crippen molar-refractivity contribution in [3.05, 3.63) is 71.9 Å². The Labute approximate surface area is 151 Å². The topological polar surface area (TPSA) is 75.4 Å². The van der Waals surface area contributed by atoms with E-state index in [0.29, 0.717) is 22.7 Å². The van der Waals surface area contributed by atoms with Crippen molar-refractivity contribution in [2.45, 2.75) is 6.42 Å². The predicted molar refractivity (Wildman–Crippen MR) is 98.7 cm³/mol. The SMILES string of the molecule is CN(C)C(=O)c1ccccc1NC(=O)Cc1cc(-c2ccccc2)on1. The molecule has 6 heteroatoms. The number of rotatable bonds is 5. The number of nitrogens with one attached hydrogen (secondary N) is 1. The zero-order chi connectivity index (χ0) is 18.5. The fraction of sp³-hybridized carbons (Fsp3) is 0.150. The molecule has 0 radical (unpaired) electrons. The summed E-state index contributed by atoms with van der Waals surface area (Å²) in [5.41, 5.74) is 2.34. The Morgan fingerprint density at radius 1 is 1.04 bits per heavy atom. The standard InChI is InChI=1S/C20H19N3O3/c1-23(2)20(25)16-10-6-7-11-17(16)21-19(24)13-15-12-18(26-22-15)14-8-4-3-5-9-14/h3-12H,13H2,1-2H3,(H,21,24). The minimum Gasteiger partial charge on any atom is -0.356 e.